The lowest BCUT2D eigenvalue weighted by atomic mass is 9.70. The highest BCUT2D eigenvalue weighted by atomic mass is 16.5. The van der Waals surface area contributed by atoms with E-state index in [9.17, 15) is 4.79 Å². The Hall–Kier alpha value is -3.72. The van der Waals surface area contributed by atoms with Gasteiger partial charge in [0.15, 0.2) is 6.29 Å². The molecule has 2 atom stereocenters. The van der Waals surface area contributed by atoms with Crippen LogP contribution in [0, 0.1) is 0 Å². The van der Waals surface area contributed by atoms with Crippen LogP contribution >= 0.6 is 0 Å². The highest BCUT2D eigenvalue weighted by Gasteiger charge is 2.39. The molecule has 0 spiro atoms. The van der Waals surface area contributed by atoms with E-state index in [1.165, 1.54) is 39.6 Å². The lowest BCUT2D eigenvalue weighted by Gasteiger charge is -2.36. The van der Waals surface area contributed by atoms with Crippen LogP contribution in [0.3, 0.4) is 0 Å². The Morgan fingerprint density at radius 1 is 0.938 bits per heavy atom. The highest BCUT2D eigenvalue weighted by molar-refractivity contribution is 6.08. The van der Waals surface area contributed by atoms with E-state index in [4.69, 9.17) is 4.74 Å². The van der Waals surface area contributed by atoms with Gasteiger partial charge in [-0.25, -0.2) is 0 Å². The van der Waals surface area contributed by atoms with Crippen molar-refractivity contribution in [1.82, 2.24) is 0 Å². The fourth-order valence-electron chi connectivity index (χ4n) is 5.53. The zero-order valence-corrected chi connectivity index (χ0v) is 17.7. The summed E-state index contributed by atoms with van der Waals surface area (Å²) in [4.78, 5) is 16.5. The van der Waals surface area contributed by atoms with Crippen molar-refractivity contribution in [1.29, 1.82) is 0 Å². The van der Waals surface area contributed by atoms with Gasteiger partial charge in [-0.05, 0) is 58.2 Å². The Bertz CT molecular complexity index is 1300. The Labute approximate surface area is 187 Å². The smallest absolute Gasteiger partial charge is 0.223 e. The molecule has 2 unspecified atom stereocenters. The van der Waals surface area contributed by atoms with Gasteiger partial charge in [0.05, 0.1) is 12.4 Å². The highest BCUT2D eigenvalue weighted by Crippen LogP contribution is 2.48. The number of aliphatic imine (C=N–C) groups is 1. The minimum absolute atomic E-state index is 0.281. The van der Waals surface area contributed by atoms with Crippen LogP contribution < -0.4 is 0 Å². The molecule has 0 N–H and O–H groups in total. The number of nitrogens with zero attached hydrogens (tertiary/aromatic N) is 1. The van der Waals surface area contributed by atoms with Gasteiger partial charge in [0, 0.05) is 11.5 Å². The number of carbonyl (C=O) groups excluding carboxylic acids is 1. The number of benzene rings is 3. The predicted molar refractivity (Wildman–Crippen MR) is 128 cm³/mol. The van der Waals surface area contributed by atoms with E-state index in [1.54, 1.807) is 12.4 Å². The van der Waals surface area contributed by atoms with Gasteiger partial charge in [0.2, 0.25) is 5.60 Å². The normalized spacial score (nSPS) is 22.8. The van der Waals surface area contributed by atoms with Gasteiger partial charge in [-0.3, -0.25) is 9.79 Å². The maximum absolute atomic E-state index is 12.2. The first kappa shape index (κ1) is 19.0. The van der Waals surface area contributed by atoms with Gasteiger partial charge in [-0.15, -0.1) is 0 Å². The third-order valence-electron chi connectivity index (χ3n) is 6.94. The lowest BCUT2D eigenvalue weighted by Crippen LogP contribution is -2.38. The molecular formula is C29H23NO2. The maximum atomic E-state index is 12.2. The van der Waals surface area contributed by atoms with E-state index in [1.807, 2.05) is 0 Å². The average molecular weight is 418 g/mol. The van der Waals surface area contributed by atoms with E-state index in [0.717, 1.165) is 36.7 Å². The van der Waals surface area contributed by atoms with Crippen LogP contribution in [-0.4, -0.2) is 18.1 Å². The Balaban J connectivity index is 1.59. The van der Waals surface area contributed by atoms with E-state index in [-0.39, 0.29) is 5.92 Å². The van der Waals surface area contributed by atoms with Crippen LogP contribution in [-0.2, 0) is 22.4 Å². The maximum Gasteiger partial charge on any atom is 0.223 e. The molecule has 2 aliphatic carbocycles. The predicted octanol–water partition coefficient (Wildman–Crippen LogP) is 5.88. The van der Waals surface area contributed by atoms with E-state index in [2.05, 4.69) is 77.8 Å². The molecule has 6 rings (SSSR count). The largest absolute Gasteiger partial charge is 0.475 e. The molecule has 0 aromatic heterocycles. The molecule has 0 saturated carbocycles. The van der Waals surface area contributed by atoms with Crippen molar-refractivity contribution < 1.29 is 9.53 Å². The summed E-state index contributed by atoms with van der Waals surface area (Å²) >= 11 is 0. The summed E-state index contributed by atoms with van der Waals surface area (Å²) in [7, 11) is 0. The molecule has 3 heteroatoms. The fraction of sp³-hybridized carbons (Fsp3) is 0.172. The molecule has 3 aliphatic rings. The lowest BCUT2D eigenvalue weighted by molar-refractivity contribution is -0.115. The molecule has 0 saturated heterocycles. The standard InChI is InChI=1S/C29H23NO2/c31-19-29(18-30-15-16-32-29)27-12-6-11-24-23(27)13-14-25-22-10-5-4-9-21(22)17-26(28(24)25)20-7-2-1-3-8-20/h1-5,7-10,12-16,18-19,26H,6,11,17H2. The number of carbonyl (C=O) groups is 1. The van der Waals surface area contributed by atoms with Crippen molar-refractivity contribution in [2.24, 2.45) is 4.99 Å². The first-order valence-electron chi connectivity index (χ1n) is 11.1. The topological polar surface area (TPSA) is 38.7 Å². The van der Waals surface area contributed by atoms with Crippen LogP contribution in [0.25, 0.3) is 16.7 Å². The van der Waals surface area contributed by atoms with Crippen LogP contribution in [0.1, 0.15) is 40.2 Å². The second-order valence-electron chi connectivity index (χ2n) is 8.63. The minimum atomic E-state index is -1.16. The average Bonchev–Trinajstić information content (AvgIpc) is 2.88. The molecule has 3 aromatic rings. The zero-order chi connectivity index (χ0) is 21.5. The van der Waals surface area contributed by atoms with Gasteiger partial charge in [0.25, 0.3) is 0 Å². The number of hydrogen-bond donors (Lipinski definition) is 0. The van der Waals surface area contributed by atoms with Crippen LogP contribution in [0.5, 0.6) is 0 Å². The summed E-state index contributed by atoms with van der Waals surface area (Å²) in [6.45, 7) is 0. The number of aldehydes is 1. The number of rotatable bonds is 3. The quantitative estimate of drug-likeness (QED) is 0.499. The summed E-state index contributed by atoms with van der Waals surface area (Å²) < 4.78 is 5.86. The van der Waals surface area contributed by atoms with Crippen molar-refractivity contribution >= 4 is 18.1 Å². The number of allylic oxidation sites excluding steroid dienone is 1. The summed E-state index contributed by atoms with van der Waals surface area (Å²) in [5.74, 6) is 0.281. The second-order valence-corrected chi connectivity index (χ2v) is 8.63. The minimum Gasteiger partial charge on any atom is -0.475 e. The first-order chi connectivity index (χ1) is 15.8. The van der Waals surface area contributed by atoms with Crippen LogP contribution in [0.15, 0.2) is 90.3 Å². The van der Waals surface area contributed by atoms with Crippen molar-refractivity contribution in [2.45, 2.75) is 30.8 Å². The molecule has 0 amide bonds. The molecule has 0 radical (unpaired) electrons. The monoisotopic (exact) mass is 417 g/mol. The van der Waals surface area contributed by atoms with Gasteiger partial charge in [-0.1, -0.05) is 72.8 Å². The van der Waals surface area contributed by atoms with Gasteiger partial charge in [0.1, 0.15) is 6.26 Å². The number of fused-ring (bicyclic) bond motifs is 5. The second kappa shape index (κ2) is 7.45. The van der Waals surface area contributed by atoms with Crippen molar-refractivity contribution in [3.05, 3.63) is 113 Å². The molecule has 32 heavy (non-hydrogen) atoms. The third kappa shape index (κ3) is 2.81. The van der Waals surface area contributed by atoms with E-state index in [0.29, 0.717) is 0 Å². The van der Waals surface area contributed by atoms with Gasteiger partial charge >= 0.3 is 0 Å². The fourth-order valence-corrected chi connectivity index (χ4v) is 5.53. The SMILES string of the molecule is O=CC1(C2=CCCc3c2ccc2c3C(c3ccccc3)Cc3ccccc3-2)C=NC=CO1. The molecule has 1 aliphatic heterocycles. The summed E-state index contributed by atoms with van der Waals surface area (Å²) in [5, 5.41) is 0. The van der Waals surface area contributed by atoms with E-state index < -0.39 is 5.60 Å². The van der Waals surface area contributed by atoms with Crippen molar-refractivity contribution in [3.63, 3.8) is 0 Å². The molecule has 1 heterocycles. The van der Waals surface area contributed by atoms with Gasteiger partial charge < -0.3 is 4.74 Å². The van der Waals surface area contributed by atoms with Crippen LogP contribution in [0.4, 0.5) is 0 Å². The van der Waals surface area contributed by atoms with Crippen molar-refractivity contribution in [2.75, 3.05) is 0 Å². The van der Waals surface area contributed by atoms with Crippen LogP contribution in [0.2, 0.25) is 0 Å². The molecule has 0 bridgehead atoms. The Morgan fingerprint density at radius 2 is 1.75 bits per heavy atom. The molecule has 3 nitrogen and oxygen atoms in total. The molecule has 156 valence electrons. The third-order valence-corrected chi connectivity index (χ3v) is 6.94. The zero-order valence-electron chi connectivity index (χ0n) is 17.7. The molecule has 3 aromatic carbocycles. The van der Waals surface area contributed by atoms with Gasteiger partial charge in [-0.2, -0.15) is 0 Å². The summed E-state index contributed by atoms with van der Waals surface area (Å²) in [5.41, 5.74) is 8.90. The molecular weight excluding hydrogens is 394 g/mol. The summed E-state index contributed by atoms with van der Waals surface area (Å²) in [6.07, 6.45) is 10.5. The number of ether oxygens (including phenoxy) is 1. The Kier molecular flexibility index (Phi) is 4.43. The first-order valence-corrected chi connectivity index (χ1v) is 11.1. The van der Waals surface area contributed by atoms with E-state index >= 15 is 0 Å². The molecule has 0 fully saturated rings. The Morgan fingerprint density at radius 3 is 2.56 bits per heavy atom. The number of hydrogen-bond acceptors (Lipinski definition) is 3. The summed E-state index contributed by atoms with van der Waals surface area (Å²) in [6, 6.07) is 23.9. The van der Waals surface area contributed by atoms with Crippen molar-refractivity contribution in [3.8, 4) is 11.1 Å².